The summed E-state index contributed by atoms with van der Waals surface area (Å²) in [7, 11) is 1.77. The van der Waals surface area contributed by atoms with Crippen molar-refractivity contribution in [1.82, 2.24) is 15.2 Å². The lowest BCUT2D eigenvalue weighted by Crippen LogP contribution is -2.49. The molecule has 22 heavy (non-hydrogen) atoms. The molecule has 0 saturated carbocycles. The molecule has 7 heteroatoms. The van der Waals surface area contributed by atoms with Crippen LogP contribution < -0.4 is 10.6 Å². The molecule has 1 aliphatic heterocycles. The van der Waals surface area contributed by atoms with Crippen LogP contribution in [0.1, 0.15) is 43.7 Å². The molecule has 1 aliphatic carbocycles. The number of urea groups is 1. The summed E-state index contributed by atoms with van der Waals surface area (Å²) in [4.78, 5) is 31.1. The maximum atomic E-state index is 12.1. The molecule has 1 fully saturated rings. The first-order chi connectivity index (χ1) is 10.3. The third-order valence-electron chi connectivity index (χ3n) is 4.50. The molecular formula is C15H22N4O2S. The van der Waals surface area contributed by atoms with Crippen molar-refractivity contribution >= 4 is 28.4 Å². The average molecular weight is 322 g/mol. The molecule has 6 nitrogen and oxygen atoms in total. The second-order valence-electron chi connectivity index (χ2n) is 6.78. The highest BCUT2D eigenvalue weighted by Crippen LogP contribution is 2.41. The highest BCUT2D eigenvalue weighted by atomic mass is 32.1. The molecule has 1 saturated heterocycles. The lowest BCUT2D eigenvalue weighted by molar-refractivity contribution is -0.132. The number of hydrogen-bond donors (Lipinski definition) is 2. The van der Waals surface area contributed by atoms with Gasteiger partial charge in [0.05, 0.1) is 5.69 Å². The number of nitrogens with one attached hydrogen (secondary N) is 2. The summed E-state index contributed by atoms with van der Waals surface area (Å²) >= 11 is 1.57. The summed E-state index contributed by atoms with van der Waals surface area (Å²) in [5, 5.41) is 6.43. The zero-order valence-electron chi connectivity index (χ0n) is 13.2. The predicted molar refractivity (Wildman–Crippen MR) is 86.3 cm³/mol. The number of aromatic nitrogens is 1. The first kappa shape index (κ1) is 15.3. The number of carbonyl (C=O) groups is 2. The van der Waals surface area contributed by atoms with E-state index in [1.54, 1.807) is 23.3 Å². The molecule has 1 unspecified atom stereocenters. The Morgan fingerprint density at radius 2 is 2.18 bits per heavy atom. The Labute approximate surface area is 134 Å². The lowest BCUT2D eigenvalue weighted by Gasteiger charge is -2.29. The van der Waals surface area contributed by atoms with E-state index in [1.807, 2.05) is 0 Å². The van der Waals surface area contributed by atoms with Gasteiger partial charge in [-0.25, -0.2) is 9.78 Å². The number of anilines is 1. The number of rotatable bonds is 2. The molecule has 2 aliphatic rings. The van der Waals surface area contributed by atoms with Gasteiger partial charge in [-0.3, -0.25) is 10.1 Å². The highest BCUT2D eigenvalue weighted by molar-refractivity contribution is 7.16. The molecule has 0 radical (unpaired) electrons. The van der Waals surface area contributed by atoms with Crippen LogP contribution in [0.15, 0.2) is 0 Å². The van der Waals surface area contributed by atoms with E-state index >= 15 is 0 Å². The lowest BCUT2D eigenvalue weighted by atomic mass is 9.91. The monoisotopic (exact) mass is 322 g/mol. The van der Waals surface area contributed by atoms with Crippen molar-refractivity contribution in [2.45, 2.75) is 51.0 Å². The Morgan fingerprint density at radius 3 is 2.86 bits per heavy atom. The molecule has 1 aromatic heterocycles. The van der Waals surface area contributed by atoms with Gasteiger partial charge in [0.15, 0.2) is 5.13 Å². The fourth-order valence-electron chi connectivity index (χ4n) is 3.10. The number of fused-ring (bicyclic) bond motifs is 1. The minimum absolute atomic E-state index is 0.00551. The number of thiazole rings is 1. The summed E-state index contributed by atoms with van der Waals surface area (Å²) in [5.74, 6) is 0.136. The molecule has 3 amide bonds. The van der Waals surface area contributed by atoms with Gasteiger partial charge < -0.3 is 10.2 Å². The fourth-order valence-corrected chi connectivity index (χ4v) is 4.23. The van der Waals surface area contributed by atoms with E-state index in [-0.39, 0.29) is 23.4 Å². The second kappa shape index (κ2) is 5.53. The maximum absolute atomic E-state index is 12.1. The number of piperidine rings is 1. The summed E-state index contributed by atoms with van der Waals surface area (Å²) in [6.07, 6.45) is 3.34. The Kier molecular flexibility index (Phi) is 3.84. The minimum atomic E-state index is -0.238. The minimum Gasteiger partial charge on any atom is -0.344 e. The summed E-state index contributed by atoms with van der Waals surface area (Å²) in [6, 6.07) is -0.232. The number of likely N-dealkylation sites (N-methyl/N-ethyl adjacent to an activating group) is 1. The van der Waals surface area contributed by atoms with Crippen LogP contribution in [-0.4, -0.2) is 41.5 Å². The third kappa shape index (κ3) is 2.95. The van der Waals surface area contributed by atoms with Crippen molar-refractivity contribution in [3.63, 3.8) is 0 Å². The number of hydrogen-bond acceptors (Lipinski definition) is 4. The van der Waals surface area contributed by atoms with E-state index in [9.17, 15) is 9.59 Å². The van der Waals surface area contributed by atoms with Crippen LogP contribution in [-0.2, 0) is 16.6 Å². The Hall–Kier alpha value is -1.63. The van der Waals surface area contributed by atoms with E-state index in [0.717, 1.165) is 18.5 Å². The van der Waals surface area contributed by atoms with E-state index in [1.165, 1.54) is 4.88 Å². The quantitative estimate of drug-likeness (QED) is 0.876. The zero-order valence-corrected chi connectivity index (χ0v) is 14.0. The van der Waals surface area contributed by atoms with Crippen molar-refractivity contribution in [3.05, 3.63) is 10.6 Å². The topological polar surface area (TPSA) is 74.3 Å². The van der Waals surface area contributed by atoms with Crippen LogP contribution in [0.3, 0.4) is 0 Å². The third-order valence-corrected chi connectivity index (χ3v) is 5.53. The van der Waals surface area contributed by atoms with Gasteiger partial charge in [0.2, 0.25) is 5.91 Å². The summed E-state index contributed by atoms with van der Waals surface area (Å²) < 4.78 is 0. The van der Waals surface area contributed by atoms with E-state index in [0.29, 0.717) is 24.5 Å². The van der Waals surface area contributed by atoms with E-state index in [4.69, 9.17) is 0 Å². The molecule has 2 N–H and O–H groups in total. The molecule has 1 aromatic rings. The number of carbonyl (C=O) groups excluding carboxylic acids is 2. The molecule has 0 bridgehead atoms. The Balaban J connectivity index is 1.58. The Bertz CT molecular complexity index is 611. The normalized spacial score (nSPS) is 23.3. The van der Waals surface area contributed by atoms with Gasteiger partial charge in [-0.1, -0.05) is 13.8 Å². The van der Waals surface area contributed by atoms with Gasteiger partial charge in [-0.05, 0) is 19.3 Å². The summed E-state index contributed by atoms with van der Waals surface area (Å²) in [5.41, 5.74) is 1.23. The molecule has 120 valence electrons. The van der Waals surface area contributed by atoms with E-state index < -0.39 is 0 Å². The van der Waals surface area contributed by atoms with Crippen LogP contribution in [0.5, 0.6) is 0 Å². The van der Waals surface area contributed by atoms with Crippen LogP contribution in [0.25, 0.3) is 0 Å². The largest absolute Gasteiger partial charge is 0.344 e. The van der Waals surface area contributed by atoms with E-state index in [2.05, 4.69) is 29.5 Å². The summed E-state index contributed by atoms with van der Waals surface area (Å²) in [6.45, 7) is 4.95. The number of nitrogens with zero attached hydrogens (tertiary/aromatic N) is 2. The SMILES string of the molecule is CN1CC(NC(=O)Nc2nc3c(s2)CCC3(C)C)CCC1=O. The van der Waals surface area contributed by atoms with Crippen LogP contribution in [0, 0.1) is 0 Å². The zero-order chi connectivity index (χ0) is 15.9. The molecule has 2 heterocycles. The molecule has 0 aromatic carbocycles. The number of aryl methyl sites for hydroxylation is 1. The number of likely N-dealkylation sites (tertiary alicyclic amines) is 1. The second-order valence-corrected chi connectivity index (χ2v) is 7.87. The molecular weight excluding hydrogens is 300 g/mol. The maximum Gasteiger partial charge on any atom is 0.321 e. The first-order valence-electron chi connectivity index (χ1n) is 7.67. The van der Waals surface area contributed by atoms with Crippen LogP contribution in [0.4, 0.5) is 9.93 Å². The van der Waals surface area contributed by atoms with Gasteiger partial charge in [-0.15, -0.1) is 11.3 Å². The van der Waals surface area contributed by atoms with Crippen molar-refractivity contribution in [2.24, 2.45) is 0 Å². The Morgan fingerprint density at radius 1 is 1.41 bits per heavy atom. The standard InChI is InChI=1S/C15H22N4O2S/c1-15(2)7-6-10-12(15)17-14(22-10)18-13(21)16-9-4-5-11(20)19(3)8-9/h9H,4-8H2,1-3H3,(H2,16,17,18,21). The first-order valence-corrected chi connectivity index (χ1v) is 8.48. The van der Waals surface area contributed by atoms with Gasteiger partial charge >= 0.3 is 6.03 Å². The molecule has 1 atom stereocenters. The number of amides is 3. The van der Waals surface area contributed by atoms with Crippen molar-refractivity contribution in [1.29, 1.82) is 0 Å². The van der Waals surface area contributed by atoms with Crippen molar-refractivity contribution in [2.75, 3.05) is 18.9 Å². The van der Waals surface area contributed by atoms with Crippen molar-refractivity contribution < 1.29 is 9.59 Å². The van der Waals surface area contributed by atoms with Crippen molar-refractivity contribution in [3.8, 4) is 0 Å². The highest BCUT2D eigenvalue weighted by Gasteiger charge is 2.34. The fraction of sp³-hybridized carbons (Fsp3) is 0.667. The smallest absolute Gasteiger partial charge is 0.321 e. The van der Waals surface area contributed by atoms with Crippen LogP contribution >= 0.6 is 11.3 Å². The van der Waals surface area contributed by atoms with Gasteiger partial charge in [0.25, 0.3) is 0 Å². The van der Waals surface area contributed by atoms with Gasteiger partial charge in [-0.2, -0.15) is 0 Å². The van der Waals surface area contributed by atoms with Gasteiger partial charge in [0, 0.05) is 36.3 Å². The van der Waals surface area contributed by atoms with Gasteiger partial charge in [0.1, 0.15) is 0 Å². The van der Waals surface area contributed by atoms with Crippen LogP contribution in [0.2, 0.25) is 0 Å². The predicted octanol–water partition coefficient (Wildman–Crippen LogP) is 2.11. The average Bonchev–Trinajstić information content (AvgIpc) is 2.95. The molecule has 3 rings (SSSR count). The molecule has 0 spiro atoms.